The Balaban J connectivity index is 0.902. The zero-order valence-electron chi connectivity index (χ0n) is 30.9. The second-order valence-corrected chi connectivity index (χ2v) is 18.3. The predicted molar refractivity (Wildman–Crippen MR) is 182 cm³/mol. The average molecular weight is 723 g/mol. The lowest BCUT2D eigenvalue weighted by molar-refractivity contribution is -0.359. The summed E-state index contributed by atoms with van der Waals surface area (Å²) in [5.41, 5.74) is 1.80. The average Bonchev–Trinajstić information content (AvgIpc) is 3.55. The van der Waals surface area contributed by atoms with Crippen LogP contribution in [0, 0.1) is 46.3 Å². The summed E-state index contributed by atoms with van der Waals surface area (Å²) in [6, 6.07) is 0. The van der Waals surface area contributed by atoms with Gasteiger partial charge in [-0.1, -0.05) is 39.3 Å². The summed E-state index contributed by atoms with van der Waals surface area (Å²) in [6.07, 6.45) is -1.22. The van der Waals surface area contributed by atoms with Crippen LogP contribution in [0.2, 0.25) is 0 Å². The molecule has 1 spiro atoms. The third-order valence-electron chi connectivity index (χ3n) is 15.6. The predicted octanol–water partition coefficient (Wildman–Crippen LogP) is 2.39. The molecule has 7 fully saturated rings. The molecule has 12 nitrogen and oxygen atoms in total. The van der Waals surface area contributed by atoms with Crippen molar-refractivity contribution in [3.63, 3.8) is 0 Å². The first-order chi connectivity index (χ1) is 24.2. The first kappa shape index (κ1) is 37.2. The van der Waals surface area contributed by atoms with Crippen molar-refractivity contribution < 1.29 is 59.1 Å². The quantitative estimate of drug-likeness (QED) is 0.229. The van der Waals surface area contributed by atoms with Gasteiger partial charge in [0, 0.05) is 12.3 Å². The van der Waals surface area contributed by atoms with Crippen LogP contribution in [0.3, 0.4) is 0 Å². The number of hydrogen-bond donors (Lipinski definition) is 6. The van der Waals surface area contributed by atoms with E-state index < -0.39 is 73.8 Å². The Kier molecular flexibility index (Phi) is 9.83. The van der Waals surface area contributed by atoms with Gasteiger partial charge in [0.2, 0.25) is 0 Å². The smallest absolute Gasteiger partial charge is 0.187 e. The Morgan fingerprint density at radius 3 is 2.29 bits per heavy atom. The SMILES string of the molecule is C[C@@H]1CC[C@@]2(OC1)O[C@H]1C[C@H]3[C@@H]4CC=C5C[C@@H](O[C@@H]6O[C@@H](C)[C@H](O[C@@H]7O[C@H](CO)[C@@H](O)[C@H](O)[C@H]7O)[C@@H](O)[C@H]6O)CC[C@]5(C)[C@H]4CC[C@]3(C)[C@H]1[C@@H]2C. The van der Waals surface area contributed by atoms with Crippen molar-refractivity contribution in [3.8, 4) is 0 Å². The highest BCUT2D eigenvalue weighted by molar-refractivity contribution is 5.26. The monoisotopic (exact) mass is 722 g/mol. The van der Waals surface area contributed by atoms with Crippen LogP contribution in [-0.2, 0) is 28.4 Å². The number of hydrogen-bond acceptors (Lipinski definition) is 12. The molecule has 0 amide bonds. The van der Waals surface area contributed by atoms with Crippen LogP contribution in [0.5, 0.6) is 0 Å². The molecule has 0 unspecified atom stereocenters. The van der Waals surface area contributed by atoms with Crippen molar-refractivity contribution in [3.05, 3.63) is 11.6 Å². The molecule has 4 saturated heterocycles. The molecule has 4 aliphatic carbocycles. The van der Waals surface area contributed by atoms with Crippen LogP contribution in [0.1, 0.15) is 92.4 Å². The summed E-state index contributed by atoms with van der Waals surface area (Å²) in [5.74, 6) is 3.06. The van der Waals surface area contributed by atoms with Crippen molar-refractivity contribution in [2.24, 2.45) is 46.3 Å². The normalized spacial score (nSPS) is 58.4. The molecule has 0 aromatic heterocycles. The van der Waals surface area contributed by atoms with E-state index in [2.05, 4.69) is 33.8 Å². The van der Waals surface area contributed by atoms with Crippen LogP contribution >= 0.6 is 0 Å². The van der Waals surface area contributed by atoms with E-state index in [1.807, 2.05) is 0 Å². The second-order valence-electron chi connectivity index (χ2n) is 18.3. The highest BCUT2D eigenvalue weighted by Crippen LogP contribution is 2.70. The maximum Gasteiger partial charge on any atom is 0.187 e. The standard InChI is InChI=1S/C39H62O12/c1-18-8-13-39(46-17-18)19(2)28-26(51-39)15-25-23-7-6-21-14-22(9-11-37(21,4)24(23)10-12-38(25,28)5)48-35-33(45)31(43)34(20(3)47-35)50-36-32(44)30(42)29(41)27(16-40)49-36/h6,18-20,22-36,40-45H,7-17H2,1-5H3/t18-,19+,20+,22+,23-,24+,25+,26+,27-,28+,29-,30+,31+,32-,33-,34+,35+,36+,37+,38+,39-/m1/s1. The number of allylic oxidation sites excluding steroid dienone is 1. The topological polar surface area (TPSA) is 177 Å². The Morgan fingerprint density at radius 1 is 0.824 bits per heavy atom. The zero-order valence-corrected chi connectivity index (χ0v) is 30.9. The molecular weight excluding hydrogens is 660 g/mol. The lowest BCUT2D eigenvalue weighted by atomic mass is 9.47. The van der Waals surface area contributed by atoms with Crippen LogP contribution in [0.15, 0.2) is 11.6 Å². The van der Waals surface area contributed by atoms with Gasteiger partial charge in [-0.2, -0.15) is 0 Å². The highest BCUT2D eigenvalue weighted by Gasteiger charge is 2.68. The van der Waals surface area contributed by atoms with Gasteiger partial charge >= 0.3 is 0 Å². The number of ether oxygens (including phenoxy) is 6. The van der Waals surface area contributed by atoms with E-state index in [-0.39, 0.29) is 23.0 Å². The van der Waals surface area contributed by atoms with Gasteiger partial charge in [-0.25, -0.2) is 0 Å². The van der Waals surface area contributed by atoms with E-state index in [1.165, 1.54) is 24.8 Å². The minimum absolute atomic E-state index is 0.0985. The number of fused-ring (bicyclic) bond motifs is 7. The number of aliphatic hydroxyl groups is 6. The number of aliphatic hydroxyl groups excluding tert-OH is 6. The molecule has 0 aromatic rings. The molecule has 0 radical (unpaired) electrons. The Labute approximate surface area is 301 Å². The molecule has 3 saturated carbocycles. The Morgan fingerprint density at radius 2 is 1.57 bits per heavy atom. The molecule has 4 aliphatic heterocycles. The molecule has 6 N–H and O–H groups in total. The van der Waals surface area contributed by atoms with E-state index in [4.69, 9.17) is 28.4 Å². The molecule has 12 heteroatoms. The second kappa shape index (κ2) is 13.5. The van der Waals surface area contributed by atoms with Crippen LogP contribution in [-0.4, -0.2) is 123 Å². The minimum atomic E-state index is -1.64. The summed E-state index contributed by atoms with van der Waals surface area (Å²) in [7, 11) is 0. The molecule has 4 heterocycles. The van der Waals surface area contributed by atoms with Gasteiger partial charge in [-0.15, -0.1) is 0 Å². The zero-order chi connectivity index (χ0) is 36.2. The fourth-order valence-electron chi connectivity index (χ4n) is 12.6. The van der Waals surface area contributed by atoms with Gasteiger partial charge in [0.05, 0.1) is 31.5 Å². The van der Waals surface area contributed by atoms with Crippen LogP contribution < -0.4 is 0 Å². The van der Waals surface area contributed by atoms with Crippen LogP contribution in [0.4, 0.5) is 0 Å². The fourth-order valence-corrected chi connectivity index (χ4v) is 12.6. The Bertz CT molecular complexity index is 1300. The van der Waals surface area contributed by atoms with Gasteiger partial charge in [0.1, 0.15) is 42.7 Å². The van der Waals surface area contributed by atoms with Gasteiger partial charge in [0.25, 0.3) is 0 Å². The maximum absolute atomic E-state index is 11.1. The number of rotatable bonds is 5. The molecular formula is C39H62O12. The van der Waals surface area contributed by atoms with Gasteiger partial charge in [-0.05, 0) is 98.7 Å². The lowest BCUT2D eigenvalue weighted by Gasteiger charge is -2.58. The fraction of sp³-hybridized carbons (Fsp3) is 0.949. The Hall–Kier alpha value is -0.740. The largest absolute Gasteiger partial charge is 0.394 e. The van der Waals surface area contributed by atoms with E-state index >= 15 is 0 Å². The third-order valence-corrected chi connectivity index (χ3v) is 15.6. The van der Waals surface area contributed by atoms with Crippen molar-refractivity contribution in [1.82, 2.24) is 0 Å². The maximum atomic E-state index is 11.1. The molecule has 0 aromatic carbocycles. The van der Waals surface area contributed by atoms with Gasteiger partial charge in [0.15, 0.2) is 18.4 Å². The first-order valence-electron chi connectivity index (χ1n) is 19.8. The van der Waals surface area contributed by atoms with Crippen LogP contribution in [0.25, 0.3) is 0 Å². The van der Waals surface area contributed by atoms with E-state index in [9.17, 15) is 30.6 Å². The summed E-state index contributed by atoms with van der Waals surface area (Å²) in [6.45, 7) is 11.6. The molecule has 51 heavy (non-hydrogen) atoms. The third kappa shape index (κ3) is 5.84. The van der Waals surface area contributed by atoms with Gasteiger partial charge in [-0.3, -0.25) is 0 Å². The van der Waals surface area contributed by atoms with Crippen molar-refractivity contribution in [1.29, 1.82) is 0 Å². The van der Waals surface area contributed by atoms with Gasteiger partial charge < -0.3 is 59.1 Å². The summed E-state index contributed by atoms with van der Waals surface area (Å²) >= 11 is 0. The molecule has 290 valence electrons. The van der Waals surface area contributed by atoms with Crippen molar-refractivity contribution in [2.75, 3.05) is 13.2 Å². The molecule has 0 bridgehead atoms. The minimum Gasteiger partial charge on any atom is -0.394 e. The summed E-state index contributed by atoms with van der Waals surface area (Å²) in [5, 5.41) is 62.5. The van der Waals surface area contributed by atoms with Crippen molar-refractivity contribution in [2.45, 2.75) is 172 Å². The van der Waals surface area contributed by atoms with E-state index in [1.54, 1.807) is 6.92 Å². The highest BCUT2D eigenvalue weighted by atomic mass is 16.7. The summed E-state index contributed by atoms with van der Waals surface area (Å²) < 4.78 is 37.2. The molecule has 21 atom stereocenters. The van der Waals surface area contributed by atoms with E-state index in [0.717, 1.165) is 45.1 Å². The van der Waals surface area contributed by atoms with Crippen molar-refractivity contribution >= 4 is 0 Å². The lowest BCUT2D eigenvalue weighted by Crippen LogP contribution is -2.64. The molecule has 8 aliphatic rings. The molecule has 8 rings (SSSR count). The summed E-state index contributed by atoms with van der Waals surface area (Å²) in [4.78, 5) is 0. The van der Waals surface area contributed by atoms with E-state index in [0.29, 0.717) is 35.5 Å². The first-order valence-corrected chi connectivity index (χ1v) is 19.8.